The second-order valence-corrected chi connectivity index (χ2v) is 5.11. The SMILES string of the molecule is CN1CC(NC(=O)NC2CCCC2)CCC1=O. The number of hydrogen-bond acceptors (Lipinski definition) is 2. The van der Waals surface area contributed by atoms with Crippen LogP contribution < -0.4 is 10.6 Å². The van der Waals surface area contributed by atoms with Crippen LogP contribution in [0.25, 0.3) is 0 Å². The molecule has 2 rings (SSSR count). The normalized spacial score (nSPS) is 26.1. The molecule has 2 fully saturated rings. The zero-order chi connectivity index (χ0) is 12.3. The maximum atomic E-state index is 11.7. The summed E-state index contributed by atoms with van der Waals surface area (Å²) in [5.41, 5.74) is 0. The van der Waals surface area contributed by atoms with Gasteiger partial charge in [0.25, 0.3) is 0 Å². The molecule has 0 spiro atoms. The van der Waals surface area contributed by atoms with E-state index < -0.39 is 0 Å². The fourth-order valence-electron chi connectivity index (χ4n) is 2.61. The molecule has 96 valence electrons. The molecule has 1 saturated carbocycles. The zero-order valence-corrected chi connectivity index (χ0v) is 10.4. The van der Waals surface area contributed by atoms with Gasteiger partial charge in [0.2, 0.25) is 5.91 Å². The zero-order valence-electron chi connectivity index (χ0n) is 10.4. The molecule has 0 aromatic carbocycles. The van der Waals surface area contributed by atoms with Crippen LogP contribution >= 0.6 is 0 Å². The van der Waals surface area contributed by atoms with Gasteiger partial charge in [0.1, 0.15) is 0 Å². The molecule has 2 N–H and O–H groups in total. The summed E-state index contributed by atoms with van der Waals surface area (Å²) in [6, 6.07) is 0.363. The van der Waals surface area contributed by atoms with Gasteiger partial charge in [0.05, 0.1) is 0 Å². The van der Waals surface area contributed by atoms with E-state index in [1.807, 2.05) is 0 Å². The van der Waals surface area contributed by atoms with Crippen LogP contribution in [0.1, 0.15) is 38.5 Å². The average Bonchev–Trinajstić information content (AvgIpc) is 2.76. The van der Waals surface area contributed by atoms with Crippen molar-refractivity contribution >= 4 is 11.9 Å². The summed E-state index contributed by atoms with van der Waals surface area (Å²) in [4.78, 5) is 24.7. The van der Waals surface area contributed by atoms with Crippen LogP contribution in [0, 0.1) is 0 Å². The van der Waals surface area contributed by atoms with E-state index in [1.165, 1.54) is 12.8 Å². The number of hydrogen-bond donors (Lipinski definition) is 2. The smallest absolute Gasteiger partial charge is 0.315 e. The summed E-state index contributed by atoms with van der Waals surface area (Å²) < 4.78 is 0. The molecule has 1 heterocycles. The van der Waals surface area contributed by atoms with E-state index in [2.05, 4.69) is 10.6 Å². The first-order chi connectivity index (χ1) is 8.15. The molecule has 17 heavy (non-hydrogen) atoms. The Bertz CT molecular complexity index is 300. The highest BCUT2D eigenvalue weighted by molar-refractivity contribution is 5.78. The minimum Gasteiger partial charge on any atom is -0.344 e. The number of nitrogens with zero attached hydrogens (tertiary/aromatic N) is 1. The van der Waals surface area contributed by atoms with Crippen LogP contribution in [-0.2, 0) is 4.79 Å². The predicted octanol–water partition coefficient (Wildman–Crippen LogP) is 0.849. The van der Waals surface area contributed by atoms with Crippen molar-refractivity contribution in [3.05, 3.63) is 0 Å². The van der Waals surface area contributed by atoms with E-state index in [0.29, 0.717) is 19.0 Å². The first kappa shape index (κ1) is 12.2. The van der Waals surface area contributed by atoms with Crippen molar-refractivity contribution in [2.45, 2.75) is 50.6 Å². The Balaban J connectivity index is 1.72. The summed E-state index contributed by atoms with van der Waals surface area (Å²) in [6.07, 6.45) is 5.90. The van der Waals surface area contributed by atoms with Crippen molar-refractivity contribution in [3.8, 4) is 0 Å². The number of urea groups is 1. The van der Waals surface area contributed by atoms with Crippen LogP contribution in [0.4, 0.5) is 4.79 Å². The highest BCUT2D eigenvalue weighted by Crippen LogP contribution is 2.17. The van der Waals surface area contributed by atoms with Crippen molar-refractivity contribution in [3.63, 3.8) is 0 Å². The van der Waals surface area contributed by atoms with E-state index in [1.54, 1.807) is 11.9 Å². The van der Waals surface area contributed by atoms with Gasteiger partial charge < -0.3 is 15.5 Å². The summed E-state index contributed by atoms with van der Waals surface area (Å²) in [6.45, 7) is 0.622. The third kappa shape index (κ3) is 3.35. The van der Waals surface area contributed by atoms with Gasteiger partial charge in [-0.25, -0.2) is 4.79 Å². The van der Waals surface area contributed by atoms with Gasteiger partial charge in [-0.05, 0) is 19.3 Å². The van der Waals surface area contributed by atoms with E-state index >= 15 is 0 Å². The molecule has 3 amide bonds. The van der Waals surface area contributed by atoms with Crippen LogP contribution in [-0.4, -0.2) is 42.5 Å². The first-order valence-corrected chi connectivity index (χ1v) is 6.46. The maximum absolute atomic E-state index is 11.7. The van der Waals surface area contributed by atoms with E-state index in [-0.39, 0.29) is 18.0 Å². The fraction of sp³-hybridized carbons (Fsp3) is 0.833. The number of amides is 3. The van der Waals surface area contributed by atoms with Gasteiger partial charge in [-0.15, -0.1) is 0 Å². The van der Waals surface area contributed by atoms with Gasteiger partial charge in [0.15, 0.2) is 0 Å². The lowest BCUT2D eigenvalue weighted by Crippen LogP contribution is -2.52. The lowest BCUT2D eigenvalue weighted by molar-refractivity contribution is -0.132. The molecule has 1 aliphatic carbocycles. The molecule has 0 radical (unpaired) electrons. The number of likely N-dealkylation sites (tertiary alicyclic amines) is 1. The maximum Gasteiger partial charge on any atom is 0.315 e. The van der Waals surface area contributed by atoms with Crippen molar-refractivity contribution in [1.82, 2.24) is 15.5 Å². The molecule has 5 heteroatoms. The van der Waals surface area contributed by atoms with Gasteiger partial charge in [-0.3, -0.25) is 4.79 Å². The molecule has 0 bridgehead atoms. The van der Waals surface area contributed by atoms with Crippen LogP contribution in [0.2, 0.25) is 0 Å². The summed E-state index contributed by atoms with van der Waals surface area (Å²) >= 11 is 0. The van der Waals surface area contributed by atoms with Crippen LogP contribution in [0.3, 0.4) is 0 Å². The third-order valence-corrected chi connectivity index (χ3v) is 3.65. The Kier molecular flexibility index (Phi) is 3.86. The molecule has 1 atom stereocenters. The number of carbonyl (C=O) groups excluding carboxylic acids is 2. The Morgan fingerprint density at radius 3 is 2.47 bits per heavy atom. The van der Waals surface area contributed by atoms with E-state index in [9.17, 15) is 9.59 Å². The average molecular weight is 239 g/mol. The largest absolute Gasteiger partial charge is 0.344 e. The van der Waals surface area contributed by atoms with Crippen LogP contribution in [0.15, 0.2) is 0 Å². The number of piperidine rings is 1. The van der Waals surface area contributed by atoms with Gasteiger partial charge in [-0.2, -0.15) is 0 Å². The number of carbonyl (C=O) groups is 2. The molecular weight excluding hydrogens is 218 g/mol. The quantitative estimate of drug-likeness (QED) is 0.750. The molecule has 1 saturated heterocycles. The molecule has 5 nitrogen and oxygen atoms in total. The standard InChI is InChI=1S/C12H21N3O2/c1-15-8-10(6-7-11(15)16)14-12(17)13-9-4-2-3-5-9/h9-10H,2-8H2,1H3,(H2,13,14,17). The van der Waals surface area contributed by atoms with Crippen molar-refractivity contribution in [1.29, 1.82) is 0 Å². The van der Waals surface area contributed by atoms with Crippen LogP contribution in [0.5, 0.6) is 0 Å². The second kappa shape index (κ2) is 5.38. The topological polar surface area (TPSA) is 61.4 Å². The number of nitrogens with one attached hydrogen (secondary N) is 2. The molecular formula is C12H21N3O2. The van der Waals surface area contributed by atoms with E-state index in [4.69, 9.17) is 0 Å². The highest BCUT2D eigenvalue weighted by Gasteiger charge is 2.25. The molecule has 1 aliphatic heterocycles. The summed E-state index contributed by atoms with van der Waals surface area (Å²) in [5, 5.41) is 5.95. The van der Waals surface area contributed by atoms with E-state index in [0.717, 1.165) is 19.3 Å². The fourth-order valence-corrected chi connectivity index (χ4v) is 2.61. The highest BCUT2D eigenvalue weighted by atomic mass is 16.2. The predicted molar refractivity (Wildman–Crippen MR) is 64.6 cm³/mol. The van der Waals surface area contributed by atoms with Crippen molar-refractivity contribution in [2.75, 3.05) is 13.6 Å². The Hall–Kier alpha value is -1.26. The third-order valence-electron chi connectivity index (χ3n) is 3.65. The number of likely N-dealkylation sites (N-methyl/N-ethyl adjacent to an activating group) is 1. The Morgan fingerprint density at radius 1 is 1.18 bits per heavy atom. The Morgan fingerprint density at radius 2 is 1.82 bits per heavy atom. The first-order valence-electron chi connectivity index (χ1n) is 6.46. The van der Waals surface area contributed by atoms with Gasteiger partial charge in [-0.1, -0.05) is 12.8 Å². The van der Waals surface area contributed by atoms with Gasteiger partial charge in [0, 0.05) is 32.1 Å². The minimum absolute atomic E-state index is 0.0790. The van der Waals surface area contributed by atoms with Gasteiger partial charge >= 0.3 is 6.03 Å². The molecule has 0 aromatic rings. The Labute approximate surface area is 102 Å². The van der Waals surface area contributed by atoms with Crippen molar-refractivity contribution in [2.24, 2.45) is 0 Å². The van der Waals surface area contributed by atoms with Crippen molar-refractivity contribution < 1.29 is 9.59 Å². The minimum atomic E-state index is -0.0790. The summed E-state index contributed by atoms with van der Waals surface area (Å²) in [7, 11) is 1.78. The number of rotatable bonds is 2. The lowest BCUT2D eigenvalue weighted by atomic mass is 10.1. The summed E-state index contributed by atoms with van der Waals surface area (Å²) in [5.74, 6) is 0.166. The molecule has 2 aliphatic rings. The molecule has 0 aromatic heterocycles. The second-order valence-electron chi connectivity index (χ2n) is 5.11. The lowest BCUT2D eigenvalue weighted by Gasteiger charge is -2.30. The monoisotopic (exact) mass is 239 g/mol. The molecule has 1 unspecified atom stereocenters.